The summed E-state index contributed by atoms with van der Waals surface area (Å²) in [7, 11) is 3.17. The number of carbonyl (C=O) groups is 1. The molecule has 0 aliphatic heterocycles. The lowest BCUT2D eigenvalue weighted by Crippen LogP contribution is -2.39. The molecule has 0 radical (unpaired) electrons. The van der Waals surface area contributed by atoms with Gasteiger partial charge in [-0.2, -0.15) is 0 Å². The average Bonchev–Trinajstić information content (AvgIpc) is 2.60. The second kappa shape index (κ2) is 8.45. The monoisotopic (exact) mass is 330 g/mol. The molecule has 4 nitrogen and oxygen atoms in total. The van der Waals surface area contributed by atoms with Crippen molar-refractivity contribution in [3.8, 4) is 5.75 Å². The highest BCUT2D eigenvalue weighted by Gasteiger charge is 2.22. The molecule has 1 unspecified atom stereocenters. The van der Waals surface area contributed by atoms with Crippen molar-refractivity contribution in [3.05, 3.63) is 65.5 Å². The molecular formula is C19H23FN2O2. The van der Waals surface area contributed by atoms with Gasteiger partial charge in [-0.1, -0.05) is 30.3 Å². The molecule has 0 bridgehead atoms. The lowest BCUT2D eigenvalue weighted by molar-refractivity contribution is 0.0724. The largest absolute Gasteiger partial charge is 0.497 e. The predicted molar refractivity (Wildman–Crippen MR) is 92.7 cm³/mol. The fourth-order valence-electron chi connectivity index (χ4n) is 2.68. The third-order valence-corrected chi connectivity index (χ3v) is 4.04. The summed E-state index contributed by atoms with van der Waals surface area (Å²) in [5, 5.41) is 0. The third-order valence-electron chi connectivity index (χ3n) is 4.04. The first-order valence-electron chi connectivity index (χ1n) is 7.91. The van der Waals surface area contributed by atoms with Crippen molar-refractivity contribution in [2.45, 2.75) is 18.9 Å². The number of halogens is 1. The lowest BCUT2D eigenvalue weighted by Gasteiger charge is -2.28. The van der Waals surface area contributed by atoms with Gasteiger partial charge in [-0.25, -0.2) is 4.39 Å². The standard InChI is InChI=1S/C19H23FN2O2/c1-22(17(8-9-21)10-14-6-4-3-5-7-14)19(23)15-11-16(20)13-18(12-15)24-2/h3-7,11-13,17H,8-10,21H2,1-2H3. The molecule has 128 valence electrons. The molecule has 1 amide bonds. The first kappa shape index (κ1) is 17.9. The molecule has 2 rings (SSSR count). The van der Waals surface area contributed by atoms with Gasteiger partial charge in [0, 0.05) is 24.7 Å². The Hall–Kier alpha value is -2.40. The van der Waals surface area contributed by atoms with E-state index in [1.807, 2.05) is 30.3 Å². The summed E-state index contributed by atoms with van der Waals surface area (Å²) >= 11 is 0. The van der Waals surface area contributed by atoms with Gasteiger partial charge >= 0.3 is 0 Å². The van der Waals surface area contributed by atoms with Crippen molar-refractivity contribution in [2.24, 2.45) is 5.73 Å². The number of methoxy groups -OCH3 is 1. The van der Waals surface area contributed by atoms with Crippen molar-refractivity contribution in [1.82, 2.24) is 4.90 Å². The van der Waals surface area contributed by atoms with E-state index in [1.54, 1.807) is 18.0 Å². The highest BCUT2D eigenvalue weighted by Crippen LogP contribution is 2.19. The molecule has 0 aliphatic carbocycles. The zero-order chi connectivity index (χ0) is 17.5. The average molecular weight is 330 g/mol. The van der Waals surface area contributed by atoms with Crippen LogP contribution >= 0.6 is 0 Å². The van der Waals surface area contributed by atoms with E-state index in [2.05, 4.69) is 0 Å². The minimum Gasteiger partial charge on any atom is -0.497 e. The quantitative estimate of drug-likeness (QED) is 0.849. The molecule has 24 heavy (non-hydrogen) atoms. The van der Waals surface area contributed by atoms with Crippen molar-refractivity contribution < 1.29 is 13.9 Å². The summed E-state index contributed by atoms with van der Waals surface area (Å²) in [4.78, 5) is 14.4. The number of rotatable bonds is 7. The Kier molecular flexibility index (Phi) is 6.32. The van der Waals surface area contributed by atoms with E-state index < -0.39 is 5.82 Å². The summed E-state index contributed by atoms with van der Waals surface area (Å²) in [6.45, 7) is 0.474. The van der Waals surface area contributed by atoms with E-state index in [0.717, 1.165) is 5.56 Å². The Morgan fingerprint density at radius 3 is 2.58 bits per heavy atom. The zero-order valence-corrected chi connectivity index (χ0v) is 14.0. The van der Waals surface area contributed by atoms with E-state index in [9.17, 15) is 9.18 Å². The zero-order valence-electron chi connectivity index (χ0n) is 14.0. The van der Waals surface area contributed by atoms with Gasteiger partial charge in [-0.3, -0.25) is 4.79 Å². The SMILES string of the molecule is COc1cc(F)cc(C(=O)N(C)C(CCN)Cc2ccccc2)c1. The van der Waals surface area contributed by atoms with Crippen LogP contribution in [0.1, 0.15) is 22.3 Å². The number of nitrogens with two attached hydrogens (primary N) is 1. The van der Waals surface area contributed by atoms with Gasteiger partial charge in [0.25, 0.3) is 5.91 Å². The molecule has 0 spiro atoms. The second-order valence-corrected chi connectivity index (χ2v) is 5.72. The molecule has 1 atom stereocenters. The number of hydrogen-bond acceptors (Lipinski definition) is 3. The summed E-state index contributed by atoms with van der Waals surface area (Å²) in [5.74, 6) is -0.420. The van der Waals surface area contributed by atoms with Gasteiger partial charge in [0.2, 0.25) is 0 Å². The van der Waals surface area contributed by atoms with E-state index in [-0.39, 0.29) is 17.5 Å². The molecule has 5 heteroatoms. The molecule has 0 heterocycles. The summed E-state index contributed by atoms with van der Waals surface area (Å²) in [6.07, 6.45) is 1.37. The maximum atomic E-state index is 13.7. The number of benzene rings is 2. The Morgan fingerprint density at radius 1 is 1.25 bits per heavy atom. The van der Waals surface area contributed by atoms with Gasteiger partial charge in [-0.05, 0) is 37.1 Å². The fourth-order valence-corrected chi connectivity index (χ4v) is 2.68. The second-order valence-electron chi connectivity index (χ2n) is 5.72. The lowest BCUT2D eigenvalue weighted by atomic mass is 10.0. The molecule has 0 aliphatic rings. The molecule has 0 aromatic heterocycles. The Balaban J connectivity index is 2.20. The molecule has 0 saturated carbocycles. The van der Waals surface area contributed by atoms with Gasteiger partial charge in [0.1, 0.15) is 11.6 Å². The number of nitrogens with zero attached hydrogens (tertiary/aromatic N) is 1. The van der Waals surface area contributed by atoms with Crippen LogP contribution in [0.4, 0.5) is 4.39 Å². The first-order valence-corrected chi connectivity index (χ1v) is 7.91. The van der Waals surface area contributed by atoms with Crippen LogP contribution in [0.3, 0.4) is 0 Å². The van der Waals surface area contributed by atoms with Gasteiger partial charge < -0.3 is 15.4 Å². The number of hydrogen-bond donors (Lipinski definition) is 1. The van der Waals surface area contributed by atoms with Gasteiger partial charge in [0.05, 0.1) is 7.11 Å². The van der Waals surface area contributed by atoms with Crippen LogP contribution in [0.5, 0.6) is 5.75 Å². The van der Waals surface area contributed by atoms with Crippen molar-refractivity contribution >= 4 is 5.91 Å². The summed E-state index contributed by atoms with van der Waals surface area (Å²) < 4.78 is 18.7. The molecule has 2 N–H and O–H groups in total. The van der Waals surface area contributed by atoms with Crippen LogP contribution in [0.2, 0.25) is 0 Å². The van der Waals surface area contributed by atoms with Crippen molar-refractivity contribution in [2.75, 3.05) is 20.7 Å². The molecular weight excluding hydrogens is 307 g/mol. The number of amides is 1. The van der Waals surface area contributed by atoms with Gasteiger partial charge in [0.15, 0.2) is 0 Å². The van der Waals surface area contributed by atoms with Crippen LogP contribution < -0.4 is 10.5 Å². The highest BCUT2D eigenvalue weighted by molar-refractivity contribution is 5.94. The van der Waals surface area contributed by atoms with Crippen LogP contribution in [0.25, 0.3) is 0 Å². The van der Waals surface area contributed by atoms with Crippen molar-refractivity contribution in [1.29, 1.82) is 0 Å². The third kappa shape index (κ3) is 4.55. The first-order chi connectivity index (χ1) is 11.5. The number of ether oxygens (including phenoxy) is 1. The minimum absolute atomic E-state index is 0.0563. The van der Waals surface area contributed by atoms with Gasteiger partial charge in [-0.15, -0.1) is 0 Å². The normalized spacial score (nSPS) is 11.8. The van der Waals surface area contributed by atoms with Crippen LogP contribution in [-0.4, -0.2) is 37.6 Å². The molecule has 2 aromatic carbocycles. The van der Waals surface area contributed by atoms with E-state index >= 15 is 0 Å². The fraction of sp³-hybridized carbons (Fsp3) is 0.316. The van der Waals surface area contributed by atoms with Crippen LogP contribution in [0.15, 0.2) is 48.5 Å². The smallest absolute Gasteiger partial charge is 0.254 e. The molecule has 0 fully saturated rings. The topological polar surface area (TPSA) is 55.6 Å². The Morgan fingerprint density at radius 2 is 1.96 bits per heavy atom. The Bertz CT molecular complexity index is 676. The number of carbonyl (C=O) groups excluding carboxylic acids is 1. The predicted octanol–water partition coefficient (Wildman–Crippen LogP) is 2.87. The summed E-state index contributed by atoms with van der Waals surface area (Å²) in [5.41, 5.74) is 7.11. The molecule has 0 saturated heterocycles. The Labute approximate surface area is 142 Å². The van der Waals surface area contributed by atoms with E-state index in [0.29, 0.717) is 25.1 Å². The van der Waals surface area contributed by atoms with E-state index in [1.165, 1.54) is 19.2 Å². The van der Waals surface area contributed by atoms with Crippen LogP contribution in [0, 0.1) is 5.82 Å². The molecule has 2 aromatic rings. The van der Waals surface area contributed by atoms with Crippen molar-refractivity contribution in [3.63, 3.8) is 0 Å². The van der Waals surface area contributed by atoms with E-state index in [4.69, 9.17) is 10.5 Å². The van der Waals surface area contributed by atoms with Crippen LogP contribution in [-0.2, 0) is 6.42 Å². The summed E-state index contributed by atoms with van der Waals surface area (Å²) in [6, 6.07) is 13.9. The maximum Gasteiger partial charge on any atom is 0.254 e. The minimum atomic E-state index is -0.496. The highest BCUT2D eigenvalue weighted by atomic mass is 19.1. The maximum absolute atomic E-state index is 13.7. The number of likely N-dealkylation sites (N-methyl/N-ethyl adjacent to an activating group) is 1.